The van der Waals surface area contributed by atoms with Gasteiger partial charge in [0.1, 0.15) is 0 Å². The van der Waals surface area contributed by atoms with Crippen molar-refractivity contribution in [2.45, 2.75) is 38.5 Å². The minimum Gasteiger partial charge on any atom is -0.481 e. The molecule has 19 heavy (non-hydrogen) atoms. The number of aliphatic carboxylic acids is 2. The van der Waals surface area contributed by atoms with Gasteiger partial charge < -0.3 is 37.6 Å². The Morgan fingerprint density at radius 3 is 1.00 bits per heavy atom. The molecule has 0 amide bonds. The molecule has 0 fully saturated rings. The fourth-order valence-corrected chi connectivity index (χ4v) is 0.906. The van der Waals surface area contributed by atoms with E-state index in [9.17, 15) is 9.59 Å². The van der Waals surface area contributed by atoms with Crippen molar-refractivity contribution >= 4 is 11.9 Å². The van der Waals surface area contributed by atoms with Crippen molar-refractivity contribution in [3.63, 3.8) is 0 Å². The summed E-state index contributed by atoms with van der Waals surface area (Å²) in [5.74, 6) is -1.57. The summed E-state index contributed by atoms with van der Waals surface area (Å²) >= 11 is 0. The van der Waals surface area contributed by atoms with Crippen molar-refractivity contribution in [2.24, 2.45) is 0 Å². The SMILES string of the molecule is O.O=C(O)CCCCCCC(=O)O.[Ni].[Ni].[OH3+].[OH3+].[OH3+].[OH3+]. The predicted molar refractivity (Wildman–Crippen MR) is 66.1 cm³/mol. The number of rotatable bonds is 7. The van der Waals surface area contributed by atoms with Gasteiger partial charge in [-0.15, -0.1) is 0 Å². The normalized spacial score (nSPS) is 6.11. The van der Waals surface area contributed by atoms with Gasteiger partial charge in [0, 0.05) is 45.8 Å². The Balaban J connectivity index is -0.0000000288. The molecule has 0 radical (unpaired) electrons. The molecular weight excluding hydrogens is 357 g/mol. The number of unbranched alkanes of at least 4 members (excludes halogenated alkanes) is 3. The number of hydrogen-bond acceptors (Lipinski definition) is 2. The second kappa shape index (κ2) is 36.1. The minimum absolute atomic E-state index is 0. The van der Waals surface area contributed by atoms with E-state index in [2.05, 4.69) is 0 Å². The molecule has 130 valence electrons. The fourth-order valence-electron chi connectivity index (χ4n) is 0.906. The standard InChI is InChI=1S/C8H14O4.2Ni.5H2O/c9-7(10)5-3-1-2-4-6-8(11)12;;;;;;;/h1-6H2,(H,9,10)(H,11,12);;;5*1H2/p+4. The summed E-state index contributed by atoms with van der Waals surface area (Å²) in [5, 5.41) is 16.5. The number of hydrogen-bond donors (Lipinski definition) is 2. The first kappa shape index (κ1) is 51.1. The Labute approximate surface area is 131 Å². The zero-order valence-corrected chi connectivity index (χ0v) is 12.4. The third kappa shape index (κ3) is 57.6. The van der Waals surface area contributed by atoms with Crippen LogP contribution in [-0.4, -0.2) is 27.6 Å². The second-order valence-corrected chi connectivity index (χ2v) is 2.70. The molecule has 0 aliphatic rings. The number of carbonyl (C=O) groups is 2. The Hall–Kier alpha value is -0.273. The van der Waals surface area contributed by atoms with E-state index < -0.39 is 11.9 Å². The van der Waals surface area contributed by atoms with Crippen LogP contribution in [0.25, 0.3) is 0 Å². The molecule has 0 saturated carbocycles. The number of carboxylic acid groups (broad SMARTS) is 2. The largest absolute Gasteiger partial charge is 0.481 e. The molecule has 0 aliphatic heterocycles. The van der Waals surface area contributed by atoms with Gasteiger partial charge in [0.25, 0.3) is 0 Å². The average molecular weight is 386 g/mol. The summed E-state index contributed by atoms with van der Waals surface area (Å²) in [7, 11) is 0. The van der Waals surface area contributed by atoms with Crippen LogP contribution in [0, 0.1) is 0 Å². The smallest absolute Gasteiger partial charge is 0.303 e. The van der Waals surface area contributed by atoms with Gasteiger partial charge in [-0.1, -0.05) is 12.8 Å². The van der Waals surface area contributed by atoms with Gasteiger partial charge in [-0.2, -0.15) is 0 Å². The van der Waals surface area contributed by atoms with Crippen LogP contribution < -0.4 is 0 Å². The van der Waals surface area contributed by atoms with Crippen molar-refractivity contribution in [1.82, 2.24) is 0 Å². The van der Waals surface area contributed by atoms with Crippen molar-refractivity contribution in [3.05, 3.63) is 0 Å². The number of carboxylic acids is 2. The molecule has 0 saturated heterocycles. The van der Waals surface area contributed by atoms with E-state index >= 15 is 0 Å². The van der Waals surface area contributed by atoms with Crippen LogP contribution in [0.1, 0.15) is 38.5 Å². The second-order valence-electron chi connectivity index (χ2n) is 2.70. The molecule has 0 atom stereocenters. The topological polar surface area (TPSA) is 238 Å². The Morgan fingerprint density at radius 1 is 0.632 bits per heavy atom. The van der Waals surface area contributed by atoms with Crippen molar-refractivity contribution in [1.29, 1.82) is 0 Å². The molecule has 0 spiro atoms. The van der Waals surface area contributed by atoms with Gasteiger partial charge in [0.05, 0.1) is 0 Å². The van der Waals surface area contributed by atoms with Crippen molar-refractivity contribution in [3.8, 4) is 0 Å². The van der Waals surface area contributed by atoms with Crippen LogP contribution in [0.15, 0.2) is 0 Å². The van der Waals surface area contributed by atoms with Gasteiger partial charge in [0.2, 0.25) is 0 Å². The maximum absolute atomic E-state index is 10.0. The summed E-state index contributed by atoms with van der Waals surface area (Å²) in [6.45, 7) is 0. The summed E-state index contributed by atoms with van der Waals surface area (Å²) < 4.78 is 0. The van der Waals surface area contributed by atoms with Crippen LogP contribution in [0.2, 0.25) is 0 Å². The predicted octanol–water partition coefficient (Wildman–Crippen LogP) is -3.02. The first-order valence-electron chi connectivity index (χ1n) is 4.06. The van der Waals surface area contributed by atoms with Crippen molar-refractivity contribution < 1.29 is 80.2 Å². The molecule has 0 aromatic heterocycles. The third-order valence-corrected chi connectivity index (χ3v) is 1.53. The molecule has 0 rings (SSSR count). The van der Waals surface area contributed by atoms with Crippen molar-refractivity contribution in [2.75, 3.05) is 0 Å². The van der Waals surface area contributed by atoms with E-state index in [1.807, 2.05) is 0 Å². The molecule has 0 bridgehead atoms. The van der Waals surface area contributed by atoms with Gasteiger partial charge >= 0.3 is 11.9 Å². The first-order chi connectivity index (χ1) is 5.63. The van der Waals surface area contributed by atoms with Gasteiger partial charge in [-0.3, -0.25) is 9.59 Å². The fraction of sp³-hybridized carbons (Fsp3) is 0.750. The monoisotopic (exact) mass is 384 g/mol. The molecule has 0 aromatic carbocycles. The molecule has 16 N–H and O–H groups in total. The first-order valence-corrected chi connectivity index (χ1v) is 4.06. The van der Waals surface area contributed by atoms with E-state index in [1.165, 1.54) is 0 Å². The molecule has 0 aliphatic carbocycles. The quantitative estimate of drug-likeness (QED) is 0.264. The van der Waals surface area contributed by atoms with E-state index in [0.717, 1.165) is 12.8 Å². The van der Waals surface area contributed by atoms with Gasteiger partial charge in [-0.05, 0) is 12.8 Å². The van der Waals surface area contributed by atoms with E-state index in [1.54, 1.807) is 0 Å². The van der Waals surface area contributed by atoms with Crippen LogP contribution in [0.4, 0.5) is 0 Å². The van der Waals surface area contributed by atoms with Gasteiger partial charge in [0.15, 0.2) is 0 Å². The summed E-state index contributed by atoms with van der Waals surface area (Å²) in [4.78, 5) is 20.1. The van der Waals surface area contributed by atoms with Crippen LogP contribution in [0.3, 0.4) is 0 Å². The Bertz CT molecular complexity index is 150. The summed E-state index contributed by atoms with van der Waals surface area (Å²) in [5.41, 5.74) is 0. The third-order valence-electron chi connectivity index (χ3n) is 1.53. The van der Waals surface area contributed by atoms with E-state index in [-0.39, 0.29) is 73.2 Å². The molecule has 0 aromatic rings. The maximum Gasteiger partial charge on any atom is 0.303 e. The average Bonchev–Trinajstić information content (AvgIpc) is 1.95. The zero-order valence-electron chi connectivity index (χ0n) is 10.4. The van der Waals surface area contributed by atoms with E-state index in [4.69, 9.17) is 10.2 Å². The summed E-state index contributed by atoms with van der Waals surface area (Å²) in [6, 6.07) is 0. The molecule has 9 nitrogen and oxygen atoms in total. The molecule has 0 unspecified atom stereocenters. The van der Waals surface area contributed by atoms with Crippen LogP contribution in [-0.2, 0) is 64.5 Å². The minimum atomic E-state index is -0.784. The van der Waals surface area contributed by atoms with Crippen LogP contribution >= 0.6 is 0 Å². The van der Waals surface area contributed by atoms with E-state index in [0.29, 0.717) is 12.8 Å². The Kier molecular flexibility index (Phi) is 97.1. The molecular formula is C8H28Ni2O9+4. The molecule has 0 heterocycles. The molecule has 11 heteroatoms. The van der Waals surface area contributed by atoms with Gasteiger partial charge in [-0.25, -0.2) is 0 Å². The summed E-state index contributed by atoms with van der Waals surface area (Å²) in [6.07, 6.45) is 3.28. The van der Waals surface area contributed by atoms with Crippen LogP contribution in [0.5, 0.6) is 0 Å². The maximum atomic E-state index is 10.0. The zero-order chi connectivity index (χ0) is 9.40. The Morgan fingerprint density at radius 2 is 0.842 bits per heavy atom.